The van der Waals surface area contributed by atoms with Gasteiger partial charge in [0.05, 0.1) is 13.7 Å². The number of carboxylic acid groups (broad SMARTS) is 1. The molecular formula is C17H18N2O4S. The molecule has 24 heavy (non-hydrogen) atoms. The number of thiophene rings is 1. The van der Waals surface area contributed by atoms with Crippen LogP contribution in [0.5, 0.6) is 5.75 Å². The number of hydrogen-bond donors (Lipinski definition) is 1. The molecule has 1 N–H and O–H groups in total. The zero-order valence-corrected chi connectivity index (χ0v) is 14.0. The number of piperazine rings is 1. The van der Waals surface area contributed by atoms with Crippen LogP contribution in [0.3, 0.4) is 0 Å². The third kappa shape index (κ3) is 3.27. The van der Waals surface area contributed by atoms with Gasteiger partial charge in [0.2, 0.25) is 5.91 Å². The van der Waals surface area contributed by atoms with Gasteiger partial charge in [0, 0.05) is 24.8 Å². The Morgan fingerprint density at radius 1 is 1.33 bits per heavy atom. The monoisotopic (exact) mass is 346 g/mol. The van der Waals surface area contributed by atoms with Crippen LogP contribution in [0.15, 0.2) is 41.1 Å². The molecule has 0 spiro atoms. The number of ether oxygens (including phenoxy) is 1. The maximum Gasteiger partial charge on any atom is 0.325 e. The van der Waals surface area contributed by atoms with Crippen LogP contribution in [0.1, 0.15) is 11.6 Å². The summed E-state index contributed by atoms with van der Waals surface area (Å²) in [7, 11) is 1.58. The predicted octanol–water partition coefficient (Wildman–Crippen LogP) is 2.23. The fourth-order valence-electron chi connectivity index (χ4n) is 2.90. The lowest BCUT2D eigenvalue weighted by Gasteiger charge is -2.37. The lowest BCUT2D eigenvalue weighted by Crippen LogP contribution is -2.52. The lowest BCUT2D eigenvalue weighted by atomic mass is 10.1. The Kier molecular flexibility index (Phi) is 4.82. The molecule has 0 radical (unpaired) electrons. The molecule has 1 aliphatic rings. The summed E-state index contributed by atoms with van der Waals surface area (Å²) in [6.45, 7) is 1.01. The quantitative estimate of drug-likeness (QED) is 0.899. The Hall–Kier alpha value is -2.38. The number of carbonyl (C=O) groups excluding carboxylic acids is 1. The van der Waals surface area contributed by atoms with Crippen molar-refractivity contribution in [3.63, 3.8) is 0 Å². The van der Waals surface area contributed by atoms with Crippen molar-refractivity contribution in [1.82, 2.24) is 4.90 Å². The molecule has 1 aliphatic heterocycles. The van der Waals surface area contributed by atoms with E-state index in [2.05, 4.69) is 0 Å². The van der Waals surface area contributed by atoms with Crippen LogP contribution in [0.25, 0.3) is 0 Å². The molecule has 1 saturated heterocycles. The maximum absolute atomic E-state index is 12.6. The number of hydrogen-bond acceptors (Lipinski definition) is 5. The normalized spacial score (nSPS) is 16.9. The third-order valence-corrected chi connectivity index (χ3v) is 4.77. The lowest BCUT2D eigenvalue weighted by molar-refractivity contribution is -0.144. The molecule has 1 atom stereocenters. The van der Waals surface area contributed by atoms with Crippen molar-refractivity contribution < 1.29 is 19.4 Å². The van der Waals surface area contributed by atoms with E-state index in [1.165, 1.54) is 11.3 Å². The number of benzene rings is 1. The number of nitrogens with zero attached hydrogens (tertiary/aromatic N) is 2. The topological polar surface area (TPSA) is 70.1 Å². The van der Waals surface area contributed by atoms with E-state index >= 15 is 0 Å². The van der Waals surface area contributed by atoms with Gasteiger partial charge >= 0.3 is 5.97 Å². The molecule has 1 aromatic heterocycles. The van der Waals surface area contributed by atoms with Gasteiger partial charge < -0.3 is 14.7 Å². The Bertz CT molecular complexity index is 732. The summed E-state index contributed by atoms with van der Waals surface area (Å²) in [6.07, 6.45) is 0. The van der Waals surface area contributed by atoms with E-state index in [1.807, 2.05) is 29.0 Å². The van der Waals surface area contributed by atoms with Gasteiger partial charge in [0.1, 0.15) is 11.8 Å². The van der Waals surface area contributed by atoms with Crippen LogP contribution in [-0.4, -0.2) is 48.6 Å². The first-order valence-corrected chi connectivity index (χ1v) is 8.48. The third-order valence-electron chi connectivity index (χ3n) is 4.07. The Labute approximate surface area is 143 Å². The van der Waals surface area contributed by atoms with E-state index in [1.54, 1.807) is 29.0 Å². The highest BCUT2D eigenvalue weighted by Gasteiger charge is 2.34. The largest absolute Gasteiger partial charge is 0.497 e. The molecular weight excluding hydrogens is 328 g/mol. The van der Waals surface area contributed by atoms with Gasteiger partial charge in [-0.05, 0) is 34.5 Å². The van der Waals surface area contributed by atoms with Crippen LogP contribution >= 0.6 is 11.3 Å². The molecule has 2 aromatic rings. The Morgan fingerprint density at radius 2 is 2.17 bits per heavy atom. The van der Waals surface area contributed by atoms with Gasteiger partial charge in [-0.15, -0.1) is 0 Å². The van der Waals surface area contributed by atoms with Crippen LogP contribution in [0.2, 0.25) is 0 Å². The van der Waals surface area contributed by atoms with Gasteiger partial charge in [-0.1, -0.05) is 6.07 Å². The van der Waals surface area contributed by atoms with Crippen molar-refractivity contribution in [2.24, 2.45) is 0 Å². The molecule has 0 bridgehead atoms. The average Bonchev–Trinajstić information content (AvgIpc) is 3.09. The van der Waals surface area contributed by atoms with Crippen molar-refractivity contribution in [3.8, 4) is 5.75 Å². The number of rotatable bonds is 5. The van der Waals surface area contributed by atoms with Crippen LogP contribution in [0, 0.1) is 0 Å². The molecule has 3 rings (SSSR count). The van der Waals surface area contributed by atoms with Crippen molar-refractivity contribution in [2.75, 3.05) is 31.6 Å². The minimum atomic E-state index is -0.934. The first kappa shape index (κ1) is 16.5. The minimum Gasteiger partial charge on any atom is -0.497 e. The van der Waals surface area contributed by atoms with Crippen molar-refractivity contribution in [2.45, 2.75) is 6.04 Å². The molecule has 1 unspecified atom stereocenters. The predicted molar refractivity (Wildman–Crippen MR) is 91.6 cm³/mol. The first-order chi connectivity index (χ1) is 11.6. The minimum absolute atomic E-state index is 0.0734. The van der Waals surface area contributed by atoms with Crippen molar-refractivity contribution in [1.29, 1.82) is 0 Å². The summed E-state index contributed by atoms with van der Waals surface area (Å²) in [5, 5.41) is 13.2. The summed E-state index contributed by atoms with van der Waals surface area (Å²) in [6, 6.07) is 8.32. The molecule has 2 heterocycles. The standard InChI is InChI=1S/C17H18N2O4S/c1-23-14-4-2-3-13(9-14)19-7-6-18(10-15(19)20)16(17(21)22)12-5-8-24-11-12/h2-5,8-9,11,16H,6-7,10H2,1H3,(H,21,22). The Balaban J connectivity index is 1.77. The number of aliphatic carboxylic acids is 1. The molecule has 0 saturated carbocycles. The smallest absolute Gasteiger partial charge is 0.325 e. The molecule has 7 heteroatoms. The number of methoxy groups -OCH3 is 1. The highest BCUT2D eigenvalue weighted by Crippen LogP contribution is 2.27. The second-order valence-electron chi connectivity index (χ2n) is 5.51. The zero-order valence-electron chi connectivity index (χ0n) is 13.2. The molecule has 1 fully saturated rings. The van der Waals surface area contributed by atoms with Gasteiger partial charge in [-0.3, -0.25) is 14.5 Å². The second-order valence-corrected chi connectivity index (χ2v) is 6.29. The van der Waals surface area contributed by atoms with Crippen LogP contribution in [0.4, 0.5) is 5.69 Å². The Morgan fingerprint density at radius 3 is 2.79 bits per heavy atom. The van der Waals surface area contributed by atoms with E-state index in [-0.39, 0.29) is 12.5 Å². The molecule has 6 nitrogen and oxygen atoms in total. The average molecular weight is 346 g/mol. The van der Waals surface area contributed by atoms with E-state index in [9.17, 15) is 14.7 Å². The van der Waals surface area contributed by atoms with Gasteiger partial charge in [-0.2, -0.15) is 11.3 Å². The van der Waals surface area contributed by atoms with Crippen molar-refractivity contribution >= 4 is 28.9 Å². The van der Waals surface area contributed by atoms with E-state index in [0.29, 0.717) is 18.8 Å². The summed E-state index contributed by atoms with van der Waals surface area (Å²) >= 11 is 1.45. The van der Waals surface area contributed by atoms with Crippen LogP contribution in [-0.2, 0) is 9.59 Å². The fourth-order valence-corrected chi connectivity index (χ4v) is 3.58. The van der Waals surface area contributed by atoms with E-state index in [0.717, 1.165) is 11.3 Å². The molecule has 126 valence electrons. The molecule has 1 aromatic carbocycles. The van der Waals surface area contributed by atoms with E-state index in [4.69, 9.17) is 4.74 Å². The van der Waals surface area contributed by atoms with Crippen LogP contribution < -0.4 is 9.64 Å². The SMILES string of the molecule is COc1cccc(N2CCN(C(C(=O)O)c3ccsc3)CC2=O)c1. The molecule has 0 aliphatic carbocycles. The molecule has 1 amide bonds. The zero-order chi connectivity index (χ0) is 17.1. The van der Waals surface area contributed by atoms with Gasteiger partial charge in [-0.25, -0.2) is 0 Å². The highest BCUT2D eigenvalue weighted by molar-refractivity contribution is 7.08. The van der Waals surface area contributed by atoms with E-state index < -0.39 is 12.0 Å². The number of carbonyl (C=O) groups is 2. The number of amides is 1. The summed E-state index contributed by atoms with van der Waals surface area (Å²) < 4.78 is 5.20. The second kappa shape index (κ2) is 7.02. The number of anilines is 1. The summed E-state index contributed by atoms with van der Waals surface area (Å²) in [4.78, 5) is 27.6. The van der Waals surface area contributed by atoms with Crippen molar-refractivity contribution in [3.05, 3.63) is 46.7 Å². The summed E-state index contributed by atoms with van der Waals surface area (Å²) in [5.41, 5.74) is 1.48. The first-order valence-electron chi connectivity index (χ1n) is 7.53. The highest BCUT2D eigenvalue weighted by atomic mass is 32.1. The fraction of sp³-hybridized carbons (Fsp3) is 0.294. The summed E-state index contributed by atoms with van der Waals surface area (Å²) in [5.74, 6) is -0.364. The van der Waals surface area contributed by atoms with Gasteiger partial charge in [0.15, 0.2) is 0 Å². The maximum atomic E-state index is 12.6. The number of carboxylic acids is 1. The van der Waals surface area contributed by atoms with Gasteiger partial charge in [0.25, 0.3) is 0 Å².